The van der Waals surface area contributed by atoms with E-state index in [-0.39, 0.29) is 12.4 Å². The van der Waals surface area contributed by atoms with Gasteiger partial charge in [0.25, 0.3) is 5.91 Å². The second kappa shape index (κ2) is 7.43. The van der Waals surface area contributed by atoms with E-state index in [4.69, 9.17) is 4.74 Å². The van der Waals surface area contributed by atoms with Crippen LogP contribution in [0.15, 0.2) is 53.4 Å². The predicted molar refractivity (Wildman–Crippen MR) is 88.4 cm³/mol. The molecular formula is C15H12BrF2N5O2. The van der Waals surface area contributed by atoms with Gasteiger partial charge in [-0.1, -0.05) is 15.9 Å². The molecule has 0 aliphatic rings. The molecule has 0 saturated heterocycles. The van der Waals surface area contributed by atoms with Gasteiger partial charge in [0, 0.05) is 10.7 Å². The zero-order valence-corrected chi connectivity index (χ0v) is 14.2. The van der Waals surface area contributed by atoms with E-state index in [2.05, 4.69) is 31.4 Å². The van der Waals surface area contributed by atoms with Gasteiger partial charge in [0.15, 0.2) is 12.4 Å². The third kappa shape index (κ3) is 4.41. The quantitative estimate of drug-likeness (QED) is 0.673. The molecule has 0 fully saturated rings. The topological polar surface area (TPSA) is 74.0 Å². The van der Waals surface area contributed by atoms with Gasteiger partial charge in [-0.05, 0) is 30.3 Å². The first-order valence-electron chi connectivity index (χ1n) is 7.07. The largest absolute Gasteiger partial charge is 0.471 e. The molecule has 25 heavy (non-hydrogen) atoms. The smallest absolute Gasteiger partial charge is 0.333 e. The van der Waals surface area contributed by atoms with Gasteiger partial charge in [-0.2, -0.15) is 19.0 Å². The van der Waals surface area contributed by atoms with Crippen molar-refractivity contribution in [3.63, 3.8) is 0 Å². The van der Waals surface area contributed by atoms with Crippen LogP contribution in [0, 0.1) is 0 Å². The number of ether oxygens (including phenoxy) is 1. The molecule has 130 valence electrons. The average molecular weight is 412 g/mol. The number of anilines is 1. The molecule has 0 radical (unpaired) electrons. The van der Waals surface area contributed by atoms with Crippen molar-refractivity contribution < 1.29 is 18.3 Å². The third-order valence-corrected chi connectivity index (χ3v) is 3.64. The first kappa shape index (κ1) is 17.1. The minimum absolute atomic E-state index is 0.112. The van der Waals surface area contributed by atoms with Crippen LogP contribution in [0.3, 0.4) is 0 Å². The highest BCUT2D eigenvalue weighted by atomic mass is 79.9. The van der Waals surface area contributed by atoms with E-state index in [0.29, 0.717) is 16.1 Å². The molecule has 0 atom stereocenters. The molecule has 3 rings (SSSR count). The summed E-state index contributed by atoms with van der Waals surface area (Å²) in [4.78, 5) is 12.0. The summed E-state index contributed by atoms with van der Waals surface area (Å²) in [5.74, 6) is 0.0644. The Morgan fingerprint density at radius 2 is 2.04 bits per heavy atom. The maximum atomic E-state index is 12.5. The lowest BCUT2D eigenvalue weighted by Crippen LogP contribution is -2.13. The summed E-state index contributed by atoms with van der Waals surface area (Å²) in [6.07, 6.45) is 4.02. The van der Waals surface area contributed by atoms with Crippen LogP contribution in [-0.4, -0.2) is 25.5 Å². The van der Waals surface area contributed by atoms with Crippen molar-refractivity contribution in [2.75, 3.05) is 5.32 Å². The number of nitrogens with zero attached hydrogens (tertiary/aromatic N) is 4. The SMILES string of the molecule is O=C(Nc1cnn(COc2ccc(Br)cc2)c1)c1ccn(C(F)F)n1. The normalized spacial score (nSPS) is 10.9. The molecule has 0 aliphatic heterocycles. The molecule has 7 nitrogen and oxygen atoms in total. The second-order valence-corrected chi connectivity index (χ2v) is 5.82. The van der Waals surface area contributed by atoms with E-state index in [1.54, 1.807) is 18.3 Å². The minimum atomic E-state index is -2.79. The summed E-state index contributed by atoms with van der Waals surface area (Å²) in [6.45, 7) is -2.64. The molecule has 0 aliphatic carbocycles. The number of hydrogen-bond donors (Lipinski definition) is 1. The molecule has 1 aromatic carbocycles. The second-order valence-electron chi connectivity index (χ2n) is 4.91. The number of aromatic nitrogens is 4. The van der Waals surface area contributed by atoms with Gasteiger partial charge < -0.3 is 10.1 Å². The fraction of sp³-hybridized carbons (Fsp3) is 0.133. The predicted octanol–water partition coefficient (Wildman–Crippen LogP) is 3.53. The Morgan fingerprint density at radius 3 is 2.72 bits per heavy atom. The van der Waals surface area contributed by atoms with E-state index >= 15 is 0 Å². The molecular weight excluding hydrogens is 400 g/mol. The summed E-state index contributed by atoms with van der Waals surface area (Å²) >= 11 is 3.33. The number of benzene rings is 1. The van der Waals surface area contributed by atoms with Crippen molar-refractivity contribution in [2.24, 2.45) is 0 Å². The lowest BCUT2D eigenvalue weighted by molar-refractivity contribution is 0.0561. The van der Waals surface area contributed by atoms with Gasteiger partial charge in [0.1, 0.15) is 5.75 Å². The average Bonchev–Trinajstić information content (AvgIpc) is 3.24. The number of carbonyl (C=O) groups excluding carboxylic acids is 1. The molecule has 0 saturated carbocycles. The molecule has 2 heterocycles. The fourth-order valence-corrected chi connectivity index (χ4v) is 2.20. The van der Waals surface area contributed by atoms with Crippen molar-refractivity contribution in [2.45, 2.75) is 13.3 Å². The highest BCUT2D eigenvalue weighted by Gasteiger charge is 2.14. The number of carbonyl (C=O) groups is 1. The lowest BCUT2D eigenvalue weighted by atomic mass is 10.3. The van der Waals surface area contributed by atoms with Gasteiger partial charge in [0.2, 0.25) is 0 Å². The van der Waals surface area contributed by atoms with Crippen molar-refractivity contribution in [3.05, 3.63) is 59.1 Å². The van der Waals surface area contributed by atoms with Crippen LogP contribution in [0.4, 0.5) is 14.5 Å². The molecule has 2 aromatic heterocycles. The van der Waals surface area contributed by atoms with E-state index in [0.717, 1.165) is 10.7 Å². The molecule has 1 amide bonds. The summed E-state index contributed by atoms with van der Waals surface area (Å²) in [6, 6.07) is 8.51. The zero-order chi connectivity index (χ0) is 17.8. The maximum absolute atomic E-state index is 12.5. The van der Waals surface area contributed by atoms with Gasteiger partial charge >= 0.3 is 6.55 Å². The monoisotopic (exact) mass is 411 g/mol. The highest BCUT2D eigenvalue weighted by Crippen LogP contribution is 2.17. The zero-order valence-electron chi connectivity index (χ0n) is 12.6. The Labute approximate surface area is 149 Å². The Kier molecular flexibility index (Phi) is 5.08. The molecule has 0 unspecified atom stereocenters. The van der Waals surface area contributed by atoms with Crippen LogP contribution in [0.1, 0.15) is 17.0 Å². The number of halogens is 3. The fourth-order valence-electron chi connectivity index (χ4n) is 1.93. The van der Waals surface area contributed by atoms with Crippen molar-refractivity contribution in [1.29, 1.82) is 0 Å². The molecule has 1 N–H and O–H groups in total. The van der Waals surface area contributed by atoms with E-state index < -0.39 is 12.5 Å². The number of nitrogens with one attached hydrogen (secondary N) is 1. The van der Waals surface area contributed by atoms with Gasteiger partial charge in [-0.15, -0.1) is 0 Å². The van der Waals surface area contributed by atoms with Crippen LogP contribution < -0.4 is 10.1 Å². The van der Waals surface area contributed by atoms with Crippen LogP contribution in [-0.2, 0) is 6.73 Å². The van der Waals surface area contributed by atoms with E-state index in [1.807, 2.05) is 12.1 Å². The summed E-state index contributed by atoms with van der Waals surface area (Å²) in [5, 5.41) is 10.1. The lowest BCUT2D eigenvalue weighted by Gasteiger charge is -2.05. The van der Waals surface area contributed by atoms with Gasteiger partial charge in [-0.3, -0.25) is 4.79 Å². The highest BCUT2D eigenvalue weighted by molar-refractivity contribution is 9.10. The van der Waals surface area contributed by atoms with Gasteiger partial charge in [-0.25, -0.2) is 9.36 Å². The van der Waals surface area contributed by atoms with E-state index in [1.165, 1.54) is 16.9 Å². The van der Waals surface area contributed by atoms with Crippen molar-refractivity contribution in [1.82, 2.24) is 19.6 Å². The Bertz CT molecular complexity index is 863. The van der Waals surface area contributed by atoms with Crippen molar-refractivity contribution in [3.8, 4) is 5.75 Å². The molecule has 0 spiro atoms. The first-order valence-corrected chi connectivity index (χ1v) is 7.86. The number of alkyl halides is 2. The van der Waals surface area contributed by atoms with Crippen LogP contribution in [0.25, 0.3) is 0 Å². The van der Waals surface area contributed by atoms with Crippen LogP contribution in [0.5, 0.6) is 5.75 Å². The number of hydrogen-bond acceptors (Lipinski definition) is 4. The van der Waals surface area contributed by atoms with Gasteiger partial charge in [0.05, 0.1) is 18.1 Å². The summed E-state index contributed by atoms with van der Waals surface area (Å²) < 4.78 is 33.3. The maximum Gasteiger partial charge on any atom is 0.333 e. The third-order valence-electron chi connectivity index (χ3n) is 3.11. The summed E-state index contributed by atoms with van der Waals surface area (Å²) in [7, 11) is 0. The standard InChI is InChI=1S/C15H12BrF2N5O2/c16-10-1-3-12(4-2-10)25-9-22-8-11(7-19-22)20-14(24)13-5-6-23(21-13)15(17)18/h1-8,15H,9H2,(H,20,24). The Balaban J connectivity index is 1.57. The van der Waals surface area contributed by atoms with Crippen LogP contribution in [0.2, 0.25) is 0 Å². The van der Waals surface area contributed by atoms with Crippen molar-refractivity contribution >= 4 is 27.5 Å². The van der Waals surface area contributed by atoms with E-state index in [9.17, 15) is 13.6 Å². The van der Waals surface area contributed by atoms with Crippen LogP contribution >= 0.6 is 15.9 Å². The minimum Gasteiger partial charge on any atom is -0.471 e. The number of rotatable bonds is 6. The molecule has 3 aromatic rings. The molecule has 0 bridgehead atoms. The molecule has 10 heteroatoms. The summed E-state index contributed by atoms with van der Waals surface area (Å²) in [5.41, 5.74) is 0.287. The Morgan fingerprint density at radius 1 is 1.28 bits per heavy atom. The first-order chi connectivity index (χ1) is 12.0. The number of amides is 1. The Hall–Kier alpha value is -2.75.